The fourth-order valence-corrected chi connectivity index (χ4v) is 4.58. The number of alkyl halides is 2. The van der Waals surface area contributed by atoms with Crippen LogP contribution in [0.1, 0.15) is 19.8 Å². The molecule has 1 aromatic carbocycles. The summed E-state index contributed by atoms with van der Waals surface area (Å²) in [6.07, 6.45) is 3.24. The van der Waals surface area contributed by atoms with Crippen LogP contribution in [0.15, 0.2) is 36.8 Å². The van der Waals surface area contributed by atoms with Gasteiger partial charge in [0.2, 0.25) is 0 Å². The number of piperidine rings is 1. The van der Waals surface area contributed by atoms with Crippen molar-refractivity contribution in [1.29, 1.82) is 0 Å². The number of halogens is 2. The zero-order valence-corrected chi connectivity index (χ0v) is 16.9. The summed E-state index contributed by atoms with van der Waals surface area (Å²) in [5.41, 5.74) is -0.955. The molecule has 0 saturated carbocycles. The van der Waals surface area contributed by atoms with Gasteiger partial charge in [-0.1, -0.05) is 0 Å². The highest BCUT2D eigenvalue weighted by molar-refractivity contribution is 5.88. The average molecular weight is 429 g/mol. The van der Waals surface area contributed by atoms with Crippen LogP contribution >= 0.6 is 0 Å². The van der Waals surface area contributed by atoms with Crippen LogP contribution in [-0.4, -0.2) is 62.1 Å². The molecule has 0 radical (unpaired) electrons. The summed E-state index contributed by atoms with van der Waals surface area (Å²) in [6, 6.07) is 4.63. The van der Waals surface area contributed by atoms with Gasteiger partial charge in [0, 0.05) is 43.8 Å². The number of hydrogen-bond acceptors (Lipinski definition) is 8. The lowest BCUT2D eigenvalue weighted by Gasteiger charge is -2.41. The van der Waals surface area contributed by atoms with E-state index in [0.29, 0.717) is 5.56 Å². The lowest BCUT2D eigenvalue weighted by Crippen LogP contribution is -2.62. The number of rotatable bonds is 4. The number of pyridine rings is 1. The Morgan fingerprint density at radius 2 is 2.00 bits per heavy atom. The fraction of sp³-hybridized carbons (Fsp3) is 0.429. The number of methoxy groups -OCH3 is 1. The number of aromatic nitrogens is 4. The minimum absolute atomic E-state index is 0.000465. The van der Waals surface area contributed by atoms with E-state index in [2.05, 4.69) is 25.5 Å². The van der Waals surface area contributed by atoms with E-state index in [1.165, 1.54) is 20.2 Å². The summed E-state index contributed by atoms with van der Waals surface area (Å²) in [5.74, 6) is -2.53. The standard InChI is InChI=1S/C21H21F2N5O3/c1-20-8-16(18(30-2)14(26-20)7-21(20,22)23)31-17-10-25-19(28-27-17)13-5-11-3-4-24-9-12(11)6-15(13)29/h3-6,9-10,14,16,18,26,29H,7-8H2,1-2H3/t14?,16-,18-,20+/m0/s1. The second-order valence-electron chi connectivity index (χ2n) is 8.26. The molecule has 4 heterocycles. The number of ether oxygens (including phenoxy) is 2. The fourth-order valence-electron chi connectivity index (χ4n) is 4.58. The van der Waals surface area contributed by atoms with Gasteiger partial charge in [-0.3, -0.25) is 4.98 Å². The molecule has 4 atom stereocenters. The van der Waals surface area contributed by atoms with Crippen LogP contribution in [0.2, 0.25) is 0 Å². The predicted molar refractivity (Wildman–Crippen MR) is 107 cm³/mol. The second-order valence-corrected chi connectivity index (χ2v) is 8.26. The molecular formula is C21H21F2N5O3. The summed E-state index contributed by atoms with van der Waals surface area (Å²) in [6.45, 7) is 1.50. The molecule has 2 fully saturated rings. The SMILES string of the molecule is CO[C@H]1C2CC(F)(F)[C@@](C)(C[C@@H]1Oc1cnc(-c3cc4ccncc4cc3O)nn1)N2. The quantitative estimate of drug-likeness (QED) is 0.653. The lowest BCUT2D eigenvalue weighted by molar-refractivity contribution is -0.0853. The third kappa shape index (κ3) is 3.26. The summed E-state index contributed by atoms with van der Waals surface area (Å²) < 4.78 is 40.3. The van der Waals surface area contributed by atoms with E-state index in [1.807, 2.05) is 6.07 Å². The minimum Gasteiger partial charge on any atom is -0.507 e. The molecule has 31 heavy (non-hydrogen) atoms. The molecule has 2 aliphatic heterocycles. The molecule has 2 aromatic heterocycles. The topological polar surface area (TPSA) is 102 Å². The highest BCUT2D eigenvalue weighted by Gasteiger charge is 2.64. The molecule has 0 spiro atoms. The Hall–Kier alpha value is -2.98. The Morgan fingerprint density at radius 3 is 2.74 bits per heavy atom. The third-order valence-electron chi connectivity index (χ3n) is 6.24. The number of fused-ring (bicyclic) bond motifs is 3. The molecule has 2 saturated heterocycles. The zero-order chi connectivity index (χ0) is 21.8. The first-order valence-electron chi connectivity index (χ1n) is 9.91. The van der Waals surface area contributed by atoms with Crippen molar-refractivity contribution >= 4 is 10.8 Å². The molecule has 162 valence electrons. The molecule has 10 heteroatoms. The first kappa shape index (κ1) is 20.0. The summed E-state index contributed by atoms with van der Waals surface area (Å²) in [4.78, 5) is 8.29. The normalized spacial score (nSPS) is 29.2. The van der Waals surface area contributed by atoms with Crippen molar-refractivity contribution in [3.8, 4) is 23.0 Å². The van der Waals surface area contributed by atoms with Gasteiger partial charge in [0.25, 0.3) is 11.8 Å². The Bertz CT molecular complexity index is 1130. The second kappa shape index (κ2) is 7.03. The van der Waals surface area contributed by atoms with Crippen LogP contribution in [0.25, 0.3) is 22.2 Å². The Kier molecular flexibility index (Phi) is 4.52. The van der Waals surface area contributed by atoms with Gasteiger partial charge in [0.15, 0.2) is 5.82 Å². The molecule has 1 unspecified atom stereocenters. The summed E-state index contributed by atoms with van der Waals surface area (Å²) in [5, 5.41) is 23.1. The van der Waals surface area contributed by atoms with E-state index in [1.54, 1.807) is 24.5 Å². The number of phenolic OH excluding ortho intramolecular Hbond substituents is 1. The Morgan fingerprint density at radius 1 is 1.16 bits per heavy atom. The highest BCUT2D eigenvalue weighted by Crippen LogP contribution is 2.48. The molecule has 2 bridgehead atoms. The van der Waals surface area contributed by atoms with Crippen molar-refractivity contribution < 1.29 is 23.4 Å². The first-order valence-corrected chi connectivity index (χ1v) is 9.91. The van der Waals surface area contributed by atoms with Gasteiger partial charge in [-0.25, -0.2) is 13.8 Å². The van der Waals surface area contributed by atoms with E-state index in [4.69, 9.17) is 9.47 Å². The maximum Gasteiger partial charge on any atom is 0.267 e. The number of phenols is 1. The lowest BCUT2D eigenvalue weighted by atomic mass is 9.87. The van der Waals surface area contributed by atoms with Crippen LogP contribution in [0, 0.1) is 0 Å². The van der Waals surface area contributed by atoms with Crippen molar-refractivity contribution in [2.75, 3.05) is 7.11 Å². The average Bonchev–Trinajstić information content (AvgIpc) is 2.92. The molecule has 0 aliphatic carbocycles. The van der Waals surface area contributed by atoms with Crippen molar-refractivity contribution in [2.45, 2.75) is 49.5 Å². The van der Waals surface area contributed by atoms with Gasteiger partial charge in [0.05, 0.1) is 17.3 Å². The Labute approximate surface area is 176 Å². The largest absolute Gasteiger partial charge is 0.507 e. The molecule has 8 nitrogen and oxygen atoms in total. The van der Waals surface area contributed by atoms with Crippen LogP contribution in [-0.2, 0) is 4.74 Å². The van der Waals surface area contributed by atoms with Gasteiger partial charge < -0.3 is 19.9 Å². The van der Waals surface area contributed by atoms with Crippen molar-refractivity contribution in [2.24, 2.45) is 0 Å². The number of hydrogen-bond donors (Lipinski definition) is 2. The number of nitrogens with zero attached hydrogens (tertiary/aromatic N) is 4. The van der Waals surface area contributed by atoms with Gasteiger partial charge in [-0.15, -0.1) is 10.2 Å². The third-order valence-corrected chi connectivity index (χ3v) is 6.24. The van der Waals surface area contributed by atoms with E-state index >= 15 is 0 Å². The molecule has 2 aliphatic rings. The van der Waals surface area contributed by atoms with Crippen molar-refractivity contribution in [1.82, 2.24) is 25.5 Å². The highest BCUT2D eigenvalue weighted by atomic mass is 19.3. The van der Waals surface area contributed by atoms with Crippen LogP contribution in [0.3, 0.4) is 0 Å². The molecule has 3 aromatic rings. The van der Waals surface area contributed by atoms with Gasteiger partial charge in [-0.2, -0.15) is 0 Å². The smallest absolute Gasteiger partial charge is 0.267 e. The van der Waals surface area contributed by atoms with Crippen molar-refractivity contribution in [3.05, 3.63) is 36.8 Å². The molecular weight excluding hydrogens is 408 g/mol. The number of nitrogens with one attached hydrogen (secondary N) is 1. The van der Waals surface area contributed by atoms with Gasteiger partial charge >= 0.3 is 0 Å². The number of aromatic hydroxyl groups is 1. The van der Waals surface area contributed by atoms with Crippen LogP contribution < -0.4 is 10.1 Å². The van der Waals surface area contributed by atoms with Crippen molar-refractivity contribution in [3.63, 3.8) is 0 Å². The van der Waals surface area contributed by atoms with Gasteiger partial charge in [0.1, 0.15) is 18.0 Å². The predicted octanol–water partition coefficient (Wildman–Crippen LogP) is 2.71. The molecule has 0 amide bonds. The molecule has 2 N–H and O–H groups in total. The van der Waals surface area contributed by atoms with Crippen LogP contribution in [0.4, 0.5) is 8.78 Å². The van der Waals surface area contributed by atoms with E-state index in [-0.39, 0.29) is 30.3 Å². The minimum atomic E-state index is -2.86. The maximum absolute atomic E-state index is 14.5. The first-order chi connectivity index (χ1) is 14.8. The summed E-state index contributed by atoms with van der Waals surface area (Å²) >= 11 is 0. The van der Waals surface area contributed by atoms with Crippen LogP contribution in [0.5, 0.6) is 11.6 Å². The Balaban J connectivity index is 1.39. The van der Waals surface area contributed by atoms with E-state index < -0.39 is 29.7 Å². The monoisotopic (exact) mass is 429 g/mol. The number of benzene rings is 1. The molecule has 5 rings (SSSR count). The van der Waals surface area contributed by atoms with E-state index in [0.717, 1.165) is 10.8 Å². The van der Waals surface area contributed by atoms with E-state index in [9.17, 15) is 13.9 Å². The maximum atomic E-state index is 14.5. The van der Waals surface area contributed by atoms with Gasteiger partial charge in [-0.05, 0) is 30.5 Å². The summed E-state index contributed by atoms with van der Waals surface area (Å²) in [7, 11) is 1.48. The zero-order valence-electron chi connectivity index (χ0n) is 16.9.